The molecular weight excluding hydrogens is 252 g/mol. The van der Waals surface area contributed by atoms with Crippen molar-refractivity contribution in [2.24, 2.45) is 0 Å². The van der Waals surface area contributed by atoms with E-state index in [9.17, 15) is 0 Å². The van der Waals surface area contributed by atoms with Gasteiger partial charge in [-0.15, -0.1) is 0 Å². The summed E-state index contributed by atoms with van der Waals surface area (Å²) in [6.07, 6.45) is 1.73. The highest BCUT2D eigenvalue weighted by Crippen LogP contribution is 2.21. The number of hydrogen-bond donors (Lipinski definition) is 3. The van der Waals surface area contributed by atoms with Crippen molar-refractivity contribution >= 4 is 11.6 Å². The Morgan fingerprint density at radius 2 is 1.90 bits per heavy atom. The van der Waals surface area contributed by atoms with Gasteiger partial charge in [-0.1, -0.05) is 20.8 Å². The van der Waals surface area contributed by atoms with E-state index in [0.29, 0.717) is 6.42 Å². The molecular formula is C15H28N4O. The van der Waals surface area contributed by atoms with Gasteiger partial charge in [0.05, 0.1) is 0 Å². The third-order valence-electron chi connectivity index (χ3n) is 3.02. The van der Waals surface area contributed by atoms with Crippen molar-refractivity contribution in [1.82, 2.24) is 9.97 Å². The molecule has 0 aliphatic heterocycles. The highest BCUT2D eigenvalue weighted by molar-refractivity contribution is 5.49. The first-order chi connectivity index (χ1) is 9.38. The molecule has 0 saturated carbocycles. The molecule has 5 nitrogen and oxygen atoms in total. The molecule has 0 fully saturated rings. The minimum Gasteiger partial charge on any atom is -0.396 e. The van der Waals surface area contributed by atoms with Gasteiger partial charge >= 0.3 is 0 Å². The fourth-order valence-electron chi connectivity index (χ4n) is 1.82. The van der Waals surface area contributed by atoms with Crippen LogP contribution in [0.5, 0.6) is 0 Å². The number of hydrogen-bond acceptors (Lipinski definition) is 5. The summed E-state index contributed by atoms with van der Waals surface area (Å²) >= 11 is 0. The number of aliphatic hydroxyl groups excluding tert-OH is 1. The molecule has 1 aromatic heterocycles. The van der Waals surface area contributed by atoms with Gasteiger partial charge in [0.2, 0.25) is 0 Å². The molecule has 0 saturated heterocycles. The van der Waals surface area contributed by atoms with Crippen molar-refractivity contribution in [3.63, 3.8) is 0 Å². The van der Waals surface area contributed by atoms with Gasteiger partial charge in [-0.2, -0.15) is 0 Å². The first-order valence-corrected chi connectivity index (χ1v) is 7.40. The predicted molar refractivity (Wildman–Crippen MR) is 84.3 cm³/mol. The van der Waals surface area contributed by atoms with Gasteiger partial charge < -0.3 is 15.7 Å². The van der Waals surface area contributed by atoms with Crippen molar-refractivity contribution in [3.05, 3.63) is 11.9 Å². The van der Waals surface area contributed by atoms with Gasteiger partial charge in [0.25, 0.3) is 0 Å². The van der Waals surface area contributed by atoms with Gasteiger partial charge in [0.15, 0.2) is 0 Å². The zero-order valence-electron chi connectivity index (χ0n) is 13.3. The summed E-state index contributed by atoms with van der Waals surface area (Å²) in [4.78, 5) is 9.10. The lowest BCUT2D eigenvalue weighted by Crippen LogP contribution is -2.32. The van der Waals surface area contributed by atoms with Gasteiger partial charge in [0, 0.05) is 30.7 Å². The topological polar surface area (TPSA) is 70.1 Å². The number of aliphatic hydroxyl groups is 1. The molecule has 1 rings (SSSR count). The Hall–Kier alpha value is -1.36. The molecule has 5 heteroatoms. The van der Waals surface area contributed by atoms with E-state index in [-0.39, 0.29) is 18.1 Å². The molecule has 0 aromatic carbocycles. The van der Waals surface area contributed by atoms with Crippen LogP contribution in [0.15, 0.2) is 6.07 Å². The highest BCUT2D eigenvalue weighted by atomic mass is 16.3. The van der Waals surface area contributed by atoms with Gasteiger partial charge in [-0.05, 0) is 26.7 Å². The number of anilines is 2. The van der Waals surface area contributed by atoms with Crippen LogP contribution in [0.25, 0.3) is 0 Å². The summed E-state index contributed by atoms with van der Waals surface area (Å²) in [5.41, 5.74) is -0.195. The van der Waals surface area contributed by atoms with Gasteiger partial charge in [0.1, 0.15) is 17.5 Å². The van der Waals surface area contributed by atoms with E-state index in [4.69, 9.17) is 5.11 Å². The Balaban J connectivity index is 2.96. The summed E-state index contributed by atoms with van der Waals surface area (Å²) in [6.45, 7) is 11.5. The standard InChI is InChI=1S/C15H28N4O/c1-6-8-16-12-10-13(18-14(17-12)11(2)3)19-15(4,5)7-9-20/h10-11,20H,6-9H2,1-5H3,(H2,16,17,18,19). The summed E-state index contributed by atoms with van der Waals surface area (Å²) in [5.74, 6) is 2.77. The molecule has 0 aliphatic carbocycles. The summed E-state index contributed by atoms with van der Waals surface area (Å²) in [7, 11) is 0. The molecule has 0 aliphatic rings. The number of nitrogens with zero attached hydrogens (tertiary/aromatic N) is 2. The second-order valence-electron chi connectivity index (χ2n) is 6.06. The van der Waals surface area contributed by atoms with E-state index in [2.05, 4.69) is 55.2 Å². The lowest BCUT2D eigenvalue weighted by atomic mass is 10.0. The first kappa shape index (κ1) is 16.7. The second-order valence-corrected chi connectivity index (χ2v) is 6.06. The maximum absolute atomic E-state index is 9.11. The van der Waals surface area contributed by atoms with Crippen molar-refractivity contribution in [1.29, 1.82) is 0 Å². The van der Waals surface area contributed by atoms with Crippen LogP contribution < -0.4 is 10.6 Å². The summed E-state index contributed by atoms with van der Waals surface area (Å²) < 4.78 is 0. The molecule has 0 spiro atoms. The minimum atomic E-state index is -0.195. The lowest BCUT2D eigenvalue weighted by Gasteiger charge is -2.26. The van der Waals surface area contributed by atoms with Crippen LogP contribution in [0.3, 0.4) is 0 Å². The van der Waals surface area contributed by atoms with Gasteiger partial charge in [-0.3, -0.25) is 0 Å². The van der Waals surface area contributed by atoms with E-state index < -0.39 is 0 Å². The quantitative estimate of drug-likeness (QED) is 0.683. The number of rotatable bonds is 8. The minimum absolute atomic E-state index is 0.156. The Labute approximate surface area is 122 Å². The molecule has 0 amide bonds. The zero-order chi connectivity index (χ0) is 15.2. The average Bonchev–Trinajstić information content (AvgIpc) is 2.35. The molecule has 1 aromatic rings. The Morgan fingerprint density at radius 3 is 2.45 bits per heavy atom. The Kier molecular flexibility index (Phi) is 6.20. The molecule has 1 heterocycles. The molecule has 0 atom stereocenters. The predicted octanol–water partition coefficient (Wildman–Crippen LogP) is 2.99. The molecule has 20 heavy (non-hydrogen) atoms. The SMILES string of the molecule is CCCNc1cc(NC(C)(C)CCO)nc(C(C)C)n1. The van der Waals surface area contributed by atoms with Crippen molar-refractivity contribution < 1.29 is 5.11 Å². The van der Waals surface area contributed by atoms with E-state index in [1.807, 2.05) is 6.07 Å². The summed E-state index contributed by atoms with van der Waals surface area (Å²) in [6, 6.07) is 1.93. The molecule has 0 unspecified atom stereocenters. The highest BCUT2D eigenvalue weighted by Gasteiger charge is 2.18. The van der Waals surface area contributed by atoms with Crippen LogP contribution in [0, 0.1) is 0 Å². The van der Waals surface area contributed by atoms with Crippen LogP contribution in [-0.2, 0) is 0 Å². The Morgan fingerprint density at radius 1 is 1.25 bits per heavy atom. The third-order valence-corrected chi connectivity index (χ3v) is 3.02. The Bertz CT molecular complexity index is 418. The van der Waals surface area contributed by atoms with E-state index >= 15 is 0 Å². The van der Waals surface area contributed by atoms with Crippen molar-refractivity contribution in [2.75, 3.05) is 23.8 Å². The van der Waals surface area contributed by atoms with Crippen molar-refractivity contribution in [2.45, 2.75) is 58.9 Å². The maximum atomic E-state index is 9.11. The average molecular weight is 280 g/mol. The fourth-order valence-corrected chi connectivity index (χ4v) is 1.82. The third kappa shape index (κ3) is 5.33. The normalized spacial score (nSPS) is 11.8. The van der Waals surface area contributed by atoms with Crippen LogP contribution >= 0.6 is 0 Å². The molecule has 3 N–H and O–H groups in total. The number of nitrogens with one attached hydrogen (secondary N) is 2. The van der Waals surface area contributed by atoms with Crippen molar-refractivity contribution in [3.8, 4) is 0 Å². The van der Waals surface area contributed by atoms with Crippen LogP contribution in [0.4, 0.5) is 11.6 Å². The van der Waals surface area contributed by atoms with Crippen LogP contribution in [0.2, 0.25) is 0 Å². The monoisotopic (exact) mass is 280 g/mol. The van der Waals surface area contributed by atoms with Crippen LogP contribution in [-0.4, -0.2) is 33.8 Å². The maximum Gasteiger partial charge on any atom is 0.135 e. The first-order valence-electron chi connectivity index (χ1n) is 7.40. The largest absolute Gasteiger partial charge is 0.396 e. The second kappa shape index (κ2) is 7.43. The van der Waals surface area contributed by atoms with Crippen LogP contribution in [0.1, 0.15) is 59.2 Å². The molecule has 0 bridgehead atoms. The number of aromatic nitrogens is 2. The fraction of sp³-hybridized carbons (Fsp3) is 0.733. The van der Waals surface area contributed by atoms with E-state index in [0.717, 1.165) is 30.4 Å². The van der Waals surface area contributed by atoms with E-state index in [1.165, 1.54) is 0 Å². The smallest absolute Gasteiger partial charge is 0.135 e. The van der Waals surface area contributed by atoms with Gasteiger partial charge in [-0.25, -0.2) is 9.97 Å². The zero-order valence-corrected chi connectivity index (χ0v) is 13.3. The lowest BCUT2D eigenvalue weighted by molar-refractivity contribution is 0.260. The molecule has 0 radical (unpaired) electrons. The van der Waals surface area contributed by atoms with E-state index in [1.54, 1.807) is 0 Å². The molecule has 114 valence electrons. The summed E-state index contributed by atoms with van der Waals surface area (Å²) in [5, 5.41) is 15.8.